The number of rotatable bonds is 3. The fraction of sp³-hybridized carbons (Fsp3) is 0.100. The molecule has 0 atom stereocenters. The Balaban J connectivity index is 1.54. The molecule has 1 aliphatic rings. The van der Waals surface area contributed by atoms with Crippen molar-refractivity contribution in [2.75, 3.05) is 16.8 Å². The number of hydrogen-bond acceptors (Lipinski definition) is 3. The molecule has 0 radical (unpaired) electrons. The van der Waals surface area contributed by atoms with Gasteiger partial charge >= 0.3 is 0 Å². The van der Waals surface area contributed by atoms with Gasteiger partial charge in [0.1, 0.15) is 5.82 Å². The first-order chi connectivity index (χ1) is 13.0. The van der Waals surface area contributed by atoms with Gasteiger partial charge in [0.05, 0.1) is 15.5 Å². The molecular formula is C20H14ClFN2O2S. The fourth-order valence-corrected chi connectivity index (χ4v) is 4.02. The van der Waals surface area contributed by atoms with E-state index in [0.29, 0.717) is 23.5 Å². The zero-order chi connectivity index (χ0) is 19.0. The van der Waals surface area contributed by atoms with E-state index in [1.54, 1.807) is 11.0 Å². The average molecular weight is 401 g/mol. The molecule has 7 heteroatoms. The lowest BCUT2D eigenvalue weighted by atomic mass is 10.1. The molecule has 1 aliphatic heterocycles. The Labute approximate surface area is 164 Å². The highest BCUT2D eigenvalue weighted by Crippen LogP contribution is 2.32. The zero-order valence-electron chi connectivity index (χ0n) is 14.0. The Morgan fingerprint density at radius 1 is 1.15 bits per heavy atom. The summed E-state index contributed by atoms with van der Waals surface area (Å²) in [4.78, 5) is 27.5. The number of carbonyl (C=O) groups is 2. The predicted octanol–water partition coefficient (Wildman–Crippen LogP) is 5.00. The number of fused-ring (bicyclic) bond motifs is 1. The lowest BCUT2D eigenvalue weighted by Gasteiger charge is -2.16. The number of carbonyl (C=O) groups excluding carboxylic acids is 2. The van der Waals surface area contributed by atoms with Gasteiger partial charge in [0.25, 0.3) is 11.8 Å². The molecule has 0 unspecified atom stereocenters. The van der Waals surface area contributed by atoms with E-state index in [0.717, 1.165) is 17.3 Å². The molecule has 1 aromatic heterocycles. The fourth-order valence-electron chi connectivity index (χ4n) is 3.10. The summed E-state index contributed by atoms with van der Waals surface area (Å²) < 4.78 is 13.1. The number of halogens is 2. The van der Waals surface area contributed by atoms with E-state index >= 15 is 0 Å². The van der Waals surface area contributed by atoms with Crippen LogP contribution in [-0.4, -0.2) is 18.4 Å². The number of nitrogens with zero attached hydrogens (tertiary/aromatic N) is 1. The first-order valence-electron chi connectivity index (χ1n) is 8.27. The van der Waals surface area contributed by atoms with Gasteiger partial charge in [-0.25, -0.2) is 4.39 Å². The molecule has 4 nitrogen and oxygen atoms in total. The molecule has 1 N–H and O–H groups in total. The van der Waals surface area contributed by atoms with E-state index in [-0.39, 0.29) is 16.5 Å². The lowest BCUT2D eigenvalue weighted by molar-refractivity contribution is 0.0991. The van der Waals surface area contributed by atoms with Crippen molar-refractivity contribution in [3.63, 3.8) is 0 Å². The molecule has 0 bridgehead atoms. The van der Waals surface area contributed by atoms with Crippen molar-refractivity contribution in [2.24, 2.45) is 0 Å². The third kappa shape index (κ3) is 3.46. The number of nitrogens with one attached hydrogen (secondary N) is 1. The number of hydrogen-bond donors (Lipinski definition) is 1. The predicted molar refractivity (Wildman–Crippen MR) is 106 cm³/mol. The van der Waals surface area contributed by atoms with Crippen LogP contribution in [-0.2, 0) is 6.42 Å². The smallest absolute Gasteiger partial charge is 0.268 e. The summed E-state index contributed by atoms with van der Waals surface area (Å²) in [5.74, 6) is -0.923. The van der Waals surface area contributed by atoms with Crippen molar-refractivity contribution < 1.29 is 14.0 Å². The Hall–Kier alpha value is -2.70. The quantitative estimate of drug-likeness (QED) is 0.672. The highest BCUT2D eigenvalue weighted by molar-refractivity contribution is 7.12. The summed E-state index contributed by atoms with van der Waals surface area (Å²) in [6.07, 6.45) is 0.716. The summed E-state index contributed by atoms with van der Waals surface area (Å²) >= 11 is 7.36. The van der Waals surface area contributed by atoms with Crippen LogP contribution in [0, 0.1) is 5.82 Å². The van der Waals surface area contributed by atoms with Crippen LogP contribution in [0.1, 0.15) is 25.6 Å². The van der Waals surface area contributed by atoms with Gasteiger partial charge in [-0.1, -0.05) is 17.7 Å². The highest BCUT2D eigenvalue weighted by Gasteiger charge is 2.26. The highest BCUT2D eigenvalue weighted by atomic mass is 35.5. The number of amides is 2. The van der Waals surface area contributed by atoms with Crippen molar-refractivity contribution >= 4 is 46.1 Å². The minimum Gasteiger partial charge on any atom is -0.322 e. The van der Waals surface area contributed by atoms with Crippen LogP contribution in [0.5, 0.6) is 0 Å². The maximum atomic E-state index is 13.1. The van der Waals surface area contributed by atoms with E-state index in [4.69, 9.17) is 11.6 Å². The SMILES string of the molecule is O=C(Nc1ccc2c(c1)CCN2C(=O)c1cccs1)c1ccc(F)cc1Cl. The van der Waals surface area contributed by atoms with Gasteiger partial charge in [-0.05, 0) is 59.8 Å². The van der Waals surface area contributed by atoms with Gasteiger partial charge in [-0.3, -0.25) is 9.59 Å². The summed E-state index contributed by atoms with van der Waals surface area (Å²) in [5.41, 5.74) is 2.65. The molecule has 0 fully saturated rings. The van der Waals surface area contributed by atoms with E-state index < -0.39 is 11.7 Å². The minimum atomic E-state index is -0.496. The van der Waals surface area contributed by atoms with E-state index in [9.17, 15) is 14.0 Å². The van der Waals surface area contributed by atoms with E-state index in [1.807, 2.05) is 29.6 Å². The molecule has 4 rings (SSSR count). The Kier molecular flexibility index (Phi) is 4.68. The second-order valence-electron chi connectivity index (χ2n) is 6.11. The van der Waals surface area contributed by atoms with Gasteiger partial charge in [-0.15, -0.1) is 11.3 Å². The average Bonchev–Trinajstić information content (AvgIpc) is 3.30. The van der Waals surface area contributed by atoms with Crippen LogP contribution in [0.3, 0.4) is 0 Å². The standard InChI is InChI=1S/C20H14ClFN2O2S/c21-16-11-13(22)3-5-15(16)19(25)23-14-4-6-17-12(10-14)7-8-24(17)20(26)18-2-1-9-27-18/h1-6,9-11H,7-8H2,(H,23,25). The molecule has 0 aliphatic carbocycles. The molecule has 27 heavy (non-hydrogen) atoms. The van der Waals surface area contributed by atoms with Crippen molar-refractivity contribution in [3.05, 3.63) is 80.8 Å². The minimum absolute atomic E-state index is 0.0152. The number of thiophene rings is 1. The third-order valence-corrected chi connectivity index (χ3v) is 5.56. The summed E-state index contributed by atoms with van der Waals surface area (Å²) in [6, 6.07) is 12.7. The van der Waals surface area contributed by atoms with Crippen molar-refractivity contribution in [2.45, 2.75) is 6.42 Å². The molecule has 0 spiro atoms. The molecule has 3 aromatic rings. The van der Waals surface area contributed by atoms with Gasteiger partial charge in [0.2, 0.25) is 0 Å². The molecular weight excluding hydrogens is 387 g/mol. The molecule has 136 valence electrons. The van der Waals surface area contributed by atoms with Crippen LogP contribution in [0.15, 0.2) is 53.9 Å². The maximum absolute atomic E-state index is 13.1. The third-order valence-electron chi connectivity index (χ3n) is 4.39. The van der Waals surface area contributed by atoms with Crippen LogP contribution < -0.4 is 10.2 Å². The second kappa shape index (κ2) is 7.13. The first kappa shape index (κ1) is 17.7. The van der Waals surface area contributed by atoms with Crippen LogP contribution >= 0.6 is 22.9 Å². The van der Waals surface area contributed by atoms with Crippen molar-refractivity contribution in [3.8, 4) is 0 Å². The van der Waals surface area contributed by atoms with Crippen LogP contribution in [0.2, 0.25) is 5.02 Å². The summed E-state index contributed by atoms with van der Waals surface area (Å²) in [7, 11) is 0. The topological polar surface area (TPSA) is 49.4 Å². The molecule has 0 saturated heterocycles. The molecule has 2 amide bonds. The molecule has 2 aromatic carbocycles. The Bertz CT molecular complexity index is 1040. The van der Waals surface area contributed by atoms with Gasteiger partial charge in [0.15, 0.2) is 0 Å². The Morgan fingerprint density at radius 3 is 2.74 bits per heavy atom. The van der Waals surface area contributed by atoms with Crippen molar-refractivity contribution in [1.82, 2.24) is 0 Å². The van der Waals surface area contributed by atoms with Gasteiger partial charge in [-0.2, -0.15) is 0 Å². The summed E-state index contributed by atoms with van der Waals surface area (Å²) in [5, 5.41) is 4.71. The number of anilines is 2. The van der Waals surface area contributed by atoms with Gasteiger partial charge in [0, 0.05) is 17.9 Å². The zero-order valence-corrected chi connectivity index (χ0v) is 15.6. The van der Waals surface area contributed by atoms with E-state index in [1.165, 1.54) is 23.5 Å². The van der Waals surface area contributed by atoms with Crippen molar-refractivity contribution in [1.29, 1.82) is 0 Å². The largest absolute Gasteiger partial charge is 0.322 e. The lowest BCUT2D eigenvalue weighted by Crippen LogP contribution is -2.28. The maximum Gasteiger partial charge on any atom is 0.268 e. The monoisotopic (exact) mass is 400 g/mol. The number of benzene rings is 2. The Morgan fingerprint density at radius 2 is 2.00 bits per heavy atom. The normalized spacial score (nSPS) is 12.7. The van der Waals surface area contributed by atoms with Gasteiger partial charge < -0.3 is 10.2 Å². The molecule has 2 heterocycles. The molecule has 0 saturated carbocycles. The summed E-state index contributed by atoms with van der Waals surface area (Å²) in [6.45, 7) is 0.604. The first-order valence-corrected chi connectivity index (χ1v) is 9.53. The van der Waals surface area contributed by atoms with Crippen LogP contribution in [0.25, 0.3) is 0 Å². The van der Waals surface area contributed by atoms with Crippen LogP contribution in [0.4, 0.5) is 15.8 Å². The van der Waals surface area contributed by atoms with E-state index in [2.05, 4.69) is 5.32 Å². The second-order valence-corrected chi connectivity index (χ2v) is 7.46.